The molecule has 0 aromatic carbocycles. The van der Waals surface area contributed by atoms with Crippen molar-refractivity contribution in [3.05, 3.63) is 0 Å². The van der Waals surface area contributed by atoms with E-state index in [1.54, 1.807) is 0 Å². The van der Waals surface area contributed by atoms with Crippen molar-refractivity contribution < 1.29 is 27.9 Å². The smallest absolute Gasteiger partial charge is 0.475 e. The molecule has 0 unspecified atom stereocenters. The zero-order valence-electron chi connectivity index (χ0n) is 15.5. The molecule has 0 radical (unpaired) electrons. The summed E-state index contributed by atoms with van der Waals surface area (Å²) in [5.41, 5.74) is 0.0228. The van der Waals surface area contributed by atoms with Crippen molar-refractivity contribution in [1.82, 2.24) is 9.80 Å². The Morgan fingerprint density at radius 1 is 1.19 bits per heavy atom. The number of halogens is 3. The third-order valence-electron chi connectivity index (χ3n) is 5.46. The van der Waals surface area contributed by atoms with Crippen molar-refractivity contribution in [1.29, 1.82) is 0 Å². The molecular formula is C18H29F3N2O3. The molecule has 1 saturated carbocycles. The van der Waals surface area contributed by atoms with Crippen molar-refractivity contribution in [2.75, 3.05) is 32.7 Å². The Labute approximate surface area is 152 Å². The fourth-order valence-corrected chi connectivity index (χ4v) is 3.80. The maximum atomic E-state index is 12.7. The van der Waals surface area contributed by atoms with Crippen LogP contribution in [0.4, 0.5) is 13.2 Å². The highest BCUT2D eigenvalue weighted by atomic mass is 19.4. The molecule has 26 heavy (non-hydrogen) atoms. The van der Waals surface area contributed by atoms with E-state index >= 15 is 0 Å². The summed E-state index contributed by atoms with van der Waals surface area (Å²) >= 11 is 0. The van der Waals surface area contributed by atoms with Crippen LogP contribution < -0.4 is 0 Å². The standard InChI is InChI=1S/C16H28N2O.C2HF3O2/c1-13(2)11-18-10-7-16(15(18)19)5-8-17(9-6-16)12-14-3-4-14;3-2(4,5)1(6)7/h13-14H,3-12H2,1-2H3;(H,6,7). The van der Waals surface area contributed by atoms with Crippen LogP contribution in [0.1, 0.15) is 46.0 Å². The first-order valence-electron chi connectivity index (χ1n) is 9.35. The third-order valence-corrected chi connectivity index (χ3v) is 5.46. The average molecular weight is 378 g/mol. The molecule has 2 saturated heterocycles. The van der Waals surface area contributed by atoms with E-state index in [9.17, 15) is 18.0 Å². The molecule has 1 spiro atoms. The topological polar surface area (TPSA) is 60.9 Å². The van der Waals surface area contributed by atoms with Crippen LogP contribution in [-0.4, -0.2) is 65.7 Å². The van der Waals surface area contributed by atoms with Crippen LogP contribution in [0, 0.1) is 17.3 Å². The Morgan fingerprint density at radius 3 is 2.12 bits per heavy atom. The summed E-state index contributed by atoms with van der Waals surface area (Å²) in [6, 6.07) is 0. The van der Waals surface area contributed by atoms with Gasteiger partial charge in [0.25, 0.3) is 0 Å². The second-order valence-electron chi connectivity index (χ2n) is 8.22. The largest absolute Gasteiger partial charge is 0.490 e. The van der Waals surface area contributed by atoms with Gasteiger partial charge in [0.15, 0.2) is 0 Å². The lowest BCUT2D eigenvalue weighted by Crippen LogP contribution is -2.45. The SMILES string of the molecule is CC(C)CN1CCC2(CCN(CC3CC3)CC2)C1=O.O=C(O)C(F)(F)F. The number of nitrogens with zero attached hydrogens (tertiary/aromatic N) is 2. The Balaban J connectivity index is 0.000000298. The Kier molecular flexibility index (Phi) is 6.58. The molecule has 0 bridgehead atoms. The molecule has 2 aliphatic heterocycles. The van der Waals surface area contributed by atoms with Gasteiger partial charge in [-0.2, -0.15) is 13.2 Å². The van der Waals surface area contributed by atoms with E-state index in [0.717, 1.165) is 51.4 Å². The van der Waals surface area contributed by atoms with Gasteiger partial charge in [-0.25, -0.2) is 4.79 Å². The second kappa shape index (κ2) is 8.15. The van der Waals surface area contributed by atoms with Crippen LogP contribution in [-0.2, 0) is 9.59 Å². The van der Waals surface area contributed by atoms with E-state index in [-0.39, 0.29) is 5.41 Å². The Hall–Kier alpha value is -1.31. The van der Waals surface area contributed by atoms with Gasteiger partial charge < -0.3 is 14.9 Å². The molecule has 5 nitrogen and oxygen atoms in total. The predicted octanol–water partition coefficient (Wildman–Crippen LogP) is 3.00. The predicted molar refractivity (Wildman–Crippen MR) is 90.6 cm³/mol. The number of carboxylic acids is 1. The van der Waals surface area contributed by atoms with Crippen molar-refractivity contribution in [3.8, 4) is 0 Å². The lowest BCUT2D eigenvalue weighted by atomic mass is 9.77. The van der Waals surface area contributed by atoms with Gasteiger partial charge in [0.05, 0.1) is 5.41 Å². The first kappa shape index (κ1) is 21.0. The zero-order valence-corrected chi connectivity index (χ0v) is 15.5. The van der Waals surface area contributed by atoms with Gasteiger partial charge in [-0.05, 0) is 57.0 Å². The van der Waals surface area contributed by atoms with Crippen molar-refractivity contribution in [2.24, 2.45) is 17.3 Å². The van der Waals surface area contributed by atoms with E-state index in [0.29, 0.717) is 11.8 Å². The van der Waals surface area contributed by atoms with Gasteiger partial charge in [0.2, 0.25) is 5.91 Å². The van der Waals surface area contributed by atoms with Crippen molar-refractivity contribution in [3.63, 3.8) is 0 Å². The molecule has 150 valence electrons. The van der Waals surface area contributed by atoms with Crippen LogP contribution in [0.5, 0.6) is 0 Å². The molecule has 0 aromatic rings. The molecule has 3 fully saturated rings. The van der Waals surface area contributed by atoms with Crippen molar-refractivity contribution in [2.45, 2.75) is 52.1 Å². The van der Waals surface area contributed by atoms with E-state index in [2.05, 4.69) is 23.6 Å². The molecule has 0 atom stereocenters. The lowest BCUT2D eigenvalue weighted by Gasteiger charge is -2.38. The molecular weight excluding hydrogens is 349 g/mol. The minimum Gasteiger partial charge on any atom is -0.475 e. The summed E-state index contributed by atoms with van der Waals surface area (Å²) in [6.45, 7) is 9.95. The minimum absolute atomic E-state index is 0.0228. The van der Waals surface area contributed by atoms with E-state index in [4.69, 9.17) is 9.90 Å². The van der Waals surface area contributed by atoms with E-state index < -0.39 is 12.1 Å². The number of hydrogen-bond acceptors (Lipinski definition) is 3. The molecule has 1 N–H and O–H groups in total. The van der Waals surface area contributed by atoms with Crippen LogP contribution in [0.25, 0.3) is 0 Å². The zero-order chi connectivity index (χ0) is 19.5. The number of likely N-dealkylation sites (tertiary alicyclic amines) is 2. The quantitative estimate of drug-likeness (QED) is 0.817. The summed E-state index contributed by atoms with van der Waals surface area (Å²) in [5.74, 6) is -0.723. The normalized spacial score (nSPS) is 23.3. The van der Waals surface area contributed by atoms with Gasteiger partial charge in [-0.1, -0.05) is 13.8 Å². The van der Waals surface area contributed by atoms with Crippen LogP contribution in [0.3, 0.4) is 0 Å². The highest BCUT2D eigenvalue weighted by Crippen LogP contribution is 2.42. The number of amides is 1. The molecule has 1 amide bonds. The van der Waals surface area contributed by atoms with Gasteiger partial charge in [0, 0.05) is 19.6 Å². The minimum atomic E-state index is -5.08. The number of hydrogen-bond donors (Lipinski definition) is 1. The van der Waals surface area contributed by atoms with Gasteiger partial charge in [0.1, 0.15) is 0 Å². The van der Waals surface area contributed by atoms with Gasteiger partial charge >= 0.3 is 12.1 Å². The average Bonchev–Trinajstić information content (AvgIpc) is 3.31. The third kappa shape index (κ3) is 5.59. The number of piperidine rings is 1. The van der Waals surface area contributed by atoms with Crippen LogP contribution in [0.2, 0.25) is 0 Å². The van der Waals surface area contributed by atoms with Gasteiger partial charge in [-0.15, -0.1) is 0 Å². The summed E-state index contributed by atoms with van der Waals surface area (Å²) in [6.07, 6.45) is 1.10. The monoisotopic (exact) mass is 378 g/mol. The Morgan fingerprint density at radius 2 is 1.69 bits per heavy atom. The number of alkyl halides is 3. The Bertz CT molecular complexity index is 510. The maximum absolute atomic E-state index is 12.7. The molecule has 8 heteroatoms. The first-order chi connectivity index (χ1) is 12.0. The number of carbonyl (C=O) groups is 2. The maximum Gasteiger partial charge on any atom is 0.490 e. The van der Waals surface area contributed by atoms with E-state index in [1.807, 2.05) is 0 Å². The van der Waals surface area contributed by atoms with Crippen LogP contribution in [0.15, 0.2) is 0 Å². The van der Waals surface area contributed by atoms with E-state index in [1.165, 1.54) is 19.4 Å². The molecule has 3 aliphatic rings. The van der Waals surface area contributed by atoms with Crippen molar-refractivity contribution >= 4 is 11.9 Å². The summed E-state index contributed by atoms with van der Waals surface area (Å²) < 4.78 is 31.7. The molecule has 2 heterocycles. The summed E-state index contributed by atoms with van der Waals surface area (Å²) in [7, 11) is 0. The van der Waals surface area contributed by atoms with Crippen LogP contribution >= 0.6 is 0 Å². The fraction of sp³-hybridized carbons (Fsp3) is 0.889. The molecule has 3 rings (SSSR count). The lowest BCUT2D eigenvalue weighted by molar-refractivity contribution is -0.192. The second-order valence-corrected chi connectivity index (χ2v) is 8.22. The summed E-state index contributed by atoms with van der Waals surface area (Å²) in [5, 5.41) is 7.12. The molecule has 0 aromatic heterocycles. The highest BCUT2D eigenvalue weighted by Gasteiger charge is 2.48. The highest BCUT2D eigenvalue weighted by molar-refractivity contribution is 5.85. The number of aliphatic carboxylic acids is 1. The fourth-order valence-electron chi connectivity index (χ4n) is 3.80. The number of rotatable bonds is 4. The summed E-state index contributed by atoms with van der Waals surface area (Å²) in [4.78, 5) is 26.3. The van der Waals surface area contributed by atoms with Gasteiger partial charge in [-0.3, -0.25) is 4.79 Å². The number of carbonyl (C=O) groups excluding carboxylic acids is 1. The molecule has 1 aliphatic carbocycles. The first-order valence-corrected chi connectivity index (χ1v) is 9.35. The number of carboxylic acid groups (broad SMARTS) is 1.